The van der Waals surface area contributed by atoms with Gasteiger partial charge in [-0.25, -0.2) is 8.42 Å². The molecular weight excluding hydrogens is 333 g/mol. The second-order valence-corrected chi connectivity index (χ2v) is 7.25. The first-order valence-electron chi connectivity index (χ1n) is 7.00. The van der Waals surface area contributed by atoms with E-state index in [0.29, 0.717) is 18.9 Å². The number of halogens is 3. The molecule has 1 saturated heterocycles. The summed E-state index contributed by atoms with van der Waals surface area (Å²) in [6.45, 7) is 1.37. The standard InChI is InChI=1S/C14H17F3N2O3S/c1-9-5-6-10(8-11(9)14(15,16)17)23(21,22)19-7-3-4-12(19)13(20)18-2/h5-6,8,12H,3-4,7H2,1-2H3,(H,18,20). The third-order valence-electron chi connectivity index (χ3n) is 3.87. The summed E-state index contributed by atoms with van der Waals surface area (Å²) in [7, 11) is -2.78. The number of carbonyl (C=O) groups is 1. The summed E-state index contributed by atoms with van der Waals surface area (Å²) in [5.41, 5.74) is -1.05. The molecule has 2 rings (SSSR count). The van der Waals surface area contributed by atoms with Gasteiger partial charge in [0.25, 0.3) is 0 Å². The Balaban J connectivity index is 2.46. The molecule has 1 aromatic rings. The second-order valence-electron chi connectivity index (χ2n) is 5.36. The number of amides is 1. The maximum absolute atomic E-state index is 13.0. The van der Waals surface area contributed by atoms with E-state index >= 15 is 0 Å². The lowest BCUT2D eigenvalue weighted by Gasteiger charge is -2.23. The number of nitrogens with zero attached hydrogens (tertiary/aromatic N) is 1. The number of benzene rings is 1. The smallest absolute Gasteiger partial charge is 0.358 e. The van der Waals surface area contributed by atoms with Gasteiger partial charge >= 0.3 is 6.18 Å². The van der Waals surface area contributed by atoms with Crippen molar-refractivity contribution >= 4 is 15.9 Å². The number of aryl methyl sites for hydroxylation is 1. The first-order chi connectivity index (χ1) is 10.6. The van der Waals surface area contributed by atoms with Crippen molar-refractivity contribution in [3.8, 4) is 0 Å². The fraction of sp³-hybridized carbons (Fsp3) is 0.500. The first kappa shape index (κ1) is 17.7. The van der Waals surface area contributed by atoms with Crippen LogP contribution in [0.4, 0.5) is 13.2 Å². The van der Waals surface area contributed by atoms with E-state index in [1.165, 1.54) is 14.0 Å². The van der Waals surface area contributed by atoms with Crippen LogP contribution in [0.1, 0.15) is 24.0 Å². The van der Waals surface area contributed by atoms with E-state index in [0.717, 1.165) is 16.4 Å². The number of hydrogen-bond acceptors (Lipinski definition) is 3. The van der Waals surface area contributed by atoms with Crippen LogP contribution in [0.5, 0.6) is 0 Å². The second kappa shape index (κ2) is 6.12. The van der Waals surface area contributed by atoms with E-state index in [1.807, 2.05) is 0 Å². The van der Waals surface area contributed by atoms with E-state index in [4.69, 9.17) is 0 Å². The Labute approximate surface area is 132 Å². The fourth-order valence-electron chi connectivity index (χ4n) is 2.66. The van der Waals surface area contributed by atoms with Crippen molar-refractivity contribution in [2.24, 2.45) is 0 Å². The van der Waals surface area contributed by atoms with Crippen molar-refractivity contribution < 1.29 is 26.4 Å². The lowest BCUT2D eigenvalue weighted by molar-refractivity contribution is -0.138. The molecule has 0 aliphatic carbocycles. The van der Waals surface area contributed by atoms with Gasteiger partial charge in [0.2, 0.25) is 15.9 Å². The molecule has 0 bridgehead atoms. The Bertz CT molecular complexity index is 716. The summed E-state index contributed by atoms with van der Waals surface area (Å²) in [6, 6.07) is 2.00. The van der Waals surface area contributed by atoms with E-state index in [9.17, 15) is 26.4 Å². The molecular formula is C14H17F3N2O3S. The third-order valence-corrected chi connectivity index (χ3v) is 5.78. The molecule has 128 valence electrons. The van der Waals surface area contributed by atoms with Crippen LogP contribution in [0.2, 0.25) is 0 Å². The van der Waals surface area contributed by atoms with Gasteiger partial charge in [-0.2, -0.15) is 17.5 Å². The van der Waals surface area contributed by atoms with Gasteiger partial charge in [0, 0.05) is 13.6 Å². The molecule has 0 radical (unpaired) electrons. The number of rotatable bonds is 3. The van der Waals surface area contributed by atoms with Gasteiger partial charge in [-0.1, -0.05) is 6.07 Å². The summed E-state index contributed by atoms with van der Waals surface area (Å²) in [4.78, 5) is 11.3. The maximum atomic E-state index is 13.0. The molecule has 0 saturated carbocycles. The average molecular weight is 350 g/mol. The molecule has 1 aromatic carbocycles. The van der Waals surface area contributed by atoms with Crippen molar-refractivity contribution in [2.45, 2.75) is 36.9 Å². The van der Waals surface area contributed by atoms with Crippen molar-refractivity contribution in [1.82, 2.24) is 9.62 Å². The highest BCUT2D eigenvalue weighted by molar-refractivity contribution is 7.89. The minimum Gasteiger partial charge on any atom is -0.358 e. The lowest BCUT2D eigenvalue weighted by Crippen LogP contribution is -2.44. The molecule has 9 heteroatoms. The Hall–Kier alpha value is -1.61. The Morgan fingerprint density at radius 3 is 2.57 bits per heavy atom. The van der Waals surface area contributed by atoms with Crippen LogP contribution in [0, 0.1) is 6.92 Å². The Morgan fingerprint density at radius 2 is 2.00 bits per heavy atom. The van der Waals surface area contributed by atoms with Crippen molar-refractivity contribution in [2.75, 3.05) is 13.6 Å². The van der Waals surface area contributed by atoms with Gasteiger partial charge in [-0.15, -0.1) is 0 Å². The van der Waals surface area contributed by atoms with Gasteiger partial charge < -0.3 is 5.32 Å². The quantitative estimate of drug-likeness (QED) is 0.906. The molecule has 1 N–H and O–H groups in total. The average Bonchev–Trinajstić information content (AvgIpc) is 2.95. The molecule has 1 fully saturated rings. The van der Waals surface area contributed by atoms with Crippen molar-refractivity contribution in [3.05, 3.63) is 29.3 Å². The van der Waals surface area contributed by atoms with Crippen LogP contribution >= 0.6 is 0 Å². The molecule has 1 heterocycles. The van der Waals surface area contributed by atoms with Crippen LogP contribution < -0.4 is 5.32 Å². The van der Waals surface area contributed by atoms with Crippen LogP contribution in [0.15, 0.2) is 23.1 Å². The van der Waals surface area contributed by atoms with Crippen molar-refractivity contribution in [3.63, 3.8) is 0 Å². The normalized spacial score (nSPS) is 19.8. The highest BCUT2D eigenvalue weighted by atomic mass is 32.2. The summed E-state index contributed by atoms with van der Waals surface area (Å²) >= 11 is 0. The van der Waals surface area contributed by atoms with Gasteiger partial charge in [0.1, 0.15) is 6.04 Å². The van der Waals surface area contributed by atoms with Crippen LogP contribution in [-0.4, -0.2) is 38.3 Å². The Morgan fingerprint density at radius 1 is 1.35 bits per heavy atom. The SMILES string of the molecule is CNC(=O)C1CCCN1S(=O)(=O)c1ccc(C)c(C(F)(F)F)c1. The number of likely N-dealkylation sites (N-methyl/N-ethyl adjacent to an activating group) is 1. The molecule has 5 nitrogen and oxygen atoms in total. The Kier molecular flexibility index (Phi) is 4.72. The zero-order valence-corrected chi connectivity index (χ0v) is 13.5. The molecule has 0 spiro atoms. The van der Waals surface area contributed by atoms with E-state index < -0.39 is 38.6 Å². The zero-order valence-electron chi connectivity index (χ0n) is 12.6. The molecule has 1 aliphatic rings. The largest absolute Gasteiger partial charge is 0.416 e. The number of hydrogen-bond donors (Lipinski definition) is 1. The highest BCUT2D eigenvalue weighted by Crippen LogP contribution is 2.34. The summed E-state index contributed by atoms with van der Waals surface area (Å²) in [5.74, 6) is -0.464. The van der Waals surface area contributed by atoms with Gasteiger partial charge in [0.15, 0.2) is 0 Å². The molecule has 0 aromatic heterocycles. The number of alkyl halides is 3. The number of sulfonamides is 1. The van der Waals surface area contributed by atoms with Crippen LogP contribution in [0.3, 0.4) is 0 Å². The lowest BCUT2D eigenvalue weighted by atomic mass is 10.1. The molecule has 1 amide bonds. The van der Waals surface area contributed by atoms with Crippen LogP contribution in [0.25, 0.3) is 0 Å². The molecule has 1 unspecified atom stereocenters. The van der Waals surface area contributed by atoms with Gasteiger partial charge in [-0.3, -0.25) is 4.79 Å². The number of nitrogens with one attached hydrogen (secondary N) is 1. The number of carbonyl (C=O) groups excluding carboxylic acids is 1. The predicted octanol–water partition coefficient (Wildman–Crippen LogP) is 1.91. The fourth-order valence-corrected chi connectivity index (χ4v) is 4.34. The zero-order chi connectivity index (χ0) is 17.4. The summed E-state index contributed by atoms with van der Waals surface area (Å²) in [5, 5.41) is 2.38. The first-order valence-corrected chi connectivity index (χ1v) is 8.44. The maximum Gasteiger partial charge on any atom is 0.416 e. The summed E-state index contributed by atoms with van der Waals surface area (Å²) < 4.78 is 65.2. The topological polar surface area (TPSA) is 66.5 Å². The van der Waals surface area contributed by atoms with E-state index in [-0.39, 0.29) is 12.1 Å². The minimum atomic E-state index is -4.64. The summed E-state index contributed by atoms with van der Waals surface area (Å²) in [6.07, 6.45) is -3.81. The molecule has 23 heavy (non-hydrogen) atoms. The molecule has 1 aliphatic heterocycles. The highest BCUT2D eigenvalue weighted by Gasteiger charge is 2.40. The van der Waals surface area contributed by atoms with Gasteiger partial charge in [0.05, 0.1) is 10.5 Å². The van der Waals surface area contributed by atoms with Crippen molar-refractivity contribution in [1.29, 1.82) is 0 Å². The van der Waals surface area contributed by atoms with Crippen LogP contribution in [-0.2, 0) is 21.0 Å². The monoisotopic (exact) mass is 350 g/mol. The molecule has 1 atom stereocenters. The minimum absolute atomic E-state index is 0.0549. The van der Waals surface area contributed by atoms with Gasteiger partial charge in [-0.05, 0) is 37.5 Å². The van der Waals surface area contributed by atoms with E-state index in [1.54, 1.807) is 0 Å². The van der Waals surface area contributed by atoms with E-state index in [2.05, 4.69) is 5.32 Å². The predicted molar refractivity (Wildman–Crippen MR) is 77.2 cm³/mol. The third kappa shape index (κ3) is 3.35.